The topological polar surface area (TPSA) is 68.0 Å². The lowest BCUT2D eigenvalue weighted by Crippen LogP contribution is -2.14. The van der Waals surface area contributed by atoms with Gasteiger partial charge in [-0.05, 0) is 36.0 Å². The fourth-order valence-corrected chi connectivity index (χ4v) is 2.61. The van der Waals surface area contributed by atoms with Crippen molar-refractivity contribution >= 4 is 28.1 Å². The van der Waals surface area contributed by atoms with Crippen molar-refractivity contribution in [2.24, 2.45) is 5.41 Å². The number of hydrogen-bond acceptors (Lipinski definition) is 4. The van der Waals surface area contributed by atoms with Gasteiger partial charge in [-0.1, -0.05) is 32.9 Å². The second-order valence-electron chi connectivity index (χ2n) is 6.66. The average Bonchev–Trinajstić information content (AvgIpc) is 2.82. The molecule has 3 N–H and O–H groups in total. The van der Waals surface area contributed by atoms with Crippen molar-refractivity contribution < 1.29 is 4.79 Å². The maximum absolute atomic E-state index is 11.9. The molecule has 5 heteroatoms. The first kappa shape index (κ1) is 16.5. The lowest BCUT2D eigenvalue weighted by atomic mass is 9.89. The van der Waals surface area contributed by atoms with E-state index in [-0.39, 0.29) is 12.3 Å². The predicted molar refractivity (Wildman–Crippen MR) is 93.1 cm³/mol. The Balaban J connectivity index is 1.86. The largest absolute Gasteiger partial charge is 0.375 e. The van der Waals surface area contributed by atoms with Crippen molar-refractivity contribution in [1.29, 1.82) is 0 Å². The molecule has 0 aliphatic carbocycles. The molecule has 0 aliphatic rings. The number of nitrogens with one attached hydrogen (secondary N) is 1. The summed E-state index contributed by atoms with van der Waals surface area (Å²) in [4.78, 5) is 16.0. The van der Waals surface area contributed by atoms with E-state index in [1.54, 1.807) is 0 Å². The van der Waals surface area contributed by atoms with Gasteiger partial charge < -0.3 is 11.1 Å². The second kappa shape index (κ2) is 6.92. The highest BCUT2D eigenvalue weighted by Gasteiger charge is 2.10. The molecular weight excluding hydrogens is 294 g/mol. The number of amides is 1. The zero-order chi connectivity index (χ0) is 16.2. The van der Waals surface area contributed by atoms with E-state index in [1.165, 1.54) is 16.9 Å². The van der Waals surface area contributed by atoms with Crippen LogP contribution < -0.4 is 11.1 Å². The van der Waals surface area contributed by atoms with Gasteiger partial charge in [-0.15, -0.1) is 11.3 Å². The summed E-state index contributed by atoms with van der Waals surface area (Å²) in [5.41, 5.74) is 8.71. The summed E-state index contributed by atoms with van der Waals surface area (Å²) in [6.07, 6.45) is 2.44. The molecular formula is C17H23N3OS. The Morgan fingerprint density at radius 2 is 1.95 bits per heavy atom. The van der Waals surface area contributed by atoms with Crippen LogP contribution in [0.3, 0.4) is 0 Å². The van der Waals surface area contributed by atoms with Crippen LogP contribution in [0.15, 0.2) is 29.6 Å². The smallest absolute Gasteiger partial charge is 0.230 e. The van der Waals surface area contributed by atoms with Gasteiger partial charge in [-0.3, -0.25) is 4.79 Å². The number of carbonyl (C=O) groups excluding carboxylic acids is 1. The normalized spacial score (nSPS) is 11.4. The highest BCUT2D eigenvalue weighted by atomic mass is 32.1. The van der Waals surface area contributed by atoms with Crippen LogP contribution in [0.5, 0.6) is 0 Å². The van der Waals surface area contributed by atoms with Crippen molar-refractivity contribution in [2.45, 2.75) is 40.0 Å². The van der Waals surface area contributed by atoms with Gasteiger partial charge in [-0.25, -0.2) is 4.98 Å². The number of thiazole rings is 1. The number of nitrogens with two attached hydrogens (primary N) is 1. The zero-order valence-corrected chi connectivity index (χ0v) is 14.2. The third-order valence-electron chi connectivity index (χ3n) is 3.31. The molecule has 0 atom stereocenters. The van der Waals surface area contributed by atoms with Gasteiger partial charge in [0.15, 0.2) is 5.13 Å². The molecule has 0 unspecified atom stereocenters. The molecule has 0 aliphatic heterocycles. The minimum Gasteiger partial charge on any atom is -0.375 e. The summed E-state index contributed by atoms with van der Waals surface area (Å²) >= 11 is 1.35. The predicted octanol–water partition coefficient (Wildman–Crippen LogP) is 3.89. The lowest BCUT2D eigenvalue weighted by molar-refractivity contribution is -0.115. The molecule has 2 rings (SSSR count). The molecule has 118 valence electrons. The molecule has 4 nitrogen and oxygen atoms in total. The molecule has 0 bridgehead atoms. The minimum atomic E-state index is -0.0762. The van der Waals surface area contributed by atoms with Crippen LogP contribution >= 0.6 is 11.3 Å². The number of nitrogens with zero attached hydrogens (tertiary/aromatic N) is 1. The summed E-state index contributed by atoms with van der Waals surface area (Å²) in [7, 11) is 0. The first-order valence-corrected chi connectivity index (χ1v) is 8.28. The molecule has 0 fully saturated rings. The molecule has 1 heterocycles. The van der Waals surface area contributed by atoms with Crippen LogP contribution in [-0.2, 0) is 17.6 Å². The highest BCUT2D eigenvalue weighted by Crippen LogP contribution is 2.22. The van der Waals surface area contributed by atoms with E-state index in [1.807, 2.05) is 17.5 Å². The van der Waals surface area contributed by atoms with Crippen molar-refractivity contribution in [3.8, 4) is 0 Å². The Kier molecular flexibility index (Phi) is 5.19. The summed E-state index contributed by atoms with van der Waals surface area (Å²) in [5, 5.41) is 5.19. The van der Waals surface area contributed by atoms with E-state index in [9.17, 15) is 4.79 Å². The van der Waals surface area contributed by atoms with Crippen LogP contribution in [0, 0.1) is 5.41 Å². The van der Waals surface area contributed by atoms with E-state index in [0.29, 0.717) is 16.2 Å². The number of carbonyl (C=O) groups is 1. The molecule has 1 amide bonds. The van der Waals surface area contributed by atoms with Crippen LogP contribution in [0.4, 0.5) is 10.8 Å². The van der Waals surface area contributed by atoms with Gasteiger partial charge in [0.2, 0.25) is 5.91 Å². The van der Waals surface area contributed by atoms with E-state index < -0.39 is 0 Å². The van der Waals surface area contributed by atoms with Gasteiger partial charge in [0, 0.05) is 11.1 Å². The molecule has 1 aromatic carbocycles. The number of aryl methyl sites for hydroxylation is 1. The Hall–Kier alpha value is -1.88. The minimum absolute atomic E-state index is 0.0762. The summed E-state index contributed by atoms with van der Waals surface area (Å²) < 4.78 is 0. The van der Waals surface area contributed by atoms with Gasteiger partial charge in [-0.2, -0.15) is 0 Å². The Labute approximate surface area is 135 Å². The SMILES string of the molecule is CC(C)(C)CCc1ccc(NC(=O)Cc2csc(N)n2)cc1. The molecule has 0 saturated heterocycles. The summed E-state index contributed by atoms with van der Waals surface area (Å²) in [6, 6.07) is 8.04. The van der Waals surface area contributed by atoms with Gasteiger partial charge >= 0.3 is 0 Å². The Morgan fingerprint density at radius 1 is 1.27 bits per heavy atom. The second-order valence-corrected chi connectivity index (χ2v) is 7.55. The van der Waals surface area contributed by atoms with Crippen LogP contribution in [-0.4, -0.2) is 10.9 Å². The molecule has 1 aromatic heterocycles. The third kappa shape index (κ3) is 5.48. The van der Waals surface area contributed by atoms with Crippen molar-refractivity contribution in [3.05, 3.63) is 40.9 Å². The van der Waals surface area contributed by atoms with Crippen LogP contribution in [0.2, 0.25) is 0 Å². The number of anilines is 2. The van der Waals surface area contributed by atoms with Crippen molar-refractivity contribution in [2.75, 3.05) is 11.1 Å². The molecule has 2 aromatic rings. The quantitative estimate of drug-likeness (QED) is 0.879. The first-order chi connectivity index (χ1) is 10.3. The molecule has 22 heavy (non-hydrogen) atoms. The standard InChI is InChI=1S/C17H23N3OS/c1-17(2,3)9-8-12-4-6-13(7-5-12)19-15(21)10-14-11-22-16(18)20-14/h4-7,11H,8-10H2,1-3H3,(H2,18,20)(H,19,21). The summed E-state index contributed by atoms with van der Waals surface area (Å²) in [5.74, 6) is -0.0762. The van der Waals surface area contributed by atoms with Crippen molar-refractivity contribution in [3.63, 3.8) is 0 Å². The van der Waals surface area contributed by atoms with E-state index in [2.05, 4.69) is 43.2 Å². The van der Waals surface area contributed by atoms with E-state index >= 15 is 0 Å². The monoisotopic (exact) mass is 317 g/mol. The first-order valence-electron chi connectivity index (χ1n) is 7.40. The lowest BCUT2D eigenvalue weighted by Gasteiger charge is -2.17. The van der Waals surface area contributed by atoms with E-state index in [4.69, 9.17) is 5.73 Å². The third-order valence-corrected chi connectivity index (χ3v) is 4.04. The summed E-state index contributed by atoms with van der Waals surface area (Å²) in [6.45, 7) is 6.73. The number of aromatic nitrogens is 1. The van der Waals surface area contributed by atoms with Crippen molar-refractivity contribution in [1.82, 2.24) is 4.98 Å². The van der Waals surface area contributed by atoms with Gasteiger partial charge in [0.1, 0.15) is 0 Å². The molecule has 0 saturated carbocycles. The fraction of sp³-hybridized carbons (Fsp3) is 0.412. The maximum Gasteiger partial charge on any atom is 0.230 e. The highest BCUT2D eigenvalue weighted by molar-refractivity contribution is 7.13. The Bertz CT molecular complexity index is 626. The van der Waals surface area contributed by atoms with Gasteiger partial charge in [0.25, 0.3) is 0 Å². The van der Waals surface area contributed by atoms with E-state index in [0.717, 1.165) is 18.5 Å². The molecule has 0 spiro atoms. The van der Waals surface area contributed by atoms with Gasteiger partial charge in [0.05, 0.1) is 12.1 Å². The van der Waals surface area contributed by atoms with Crippen LogP contribution in [0.25, 0.3) is 0 Å². The number of hydrogen-bond donors (Lipinski definition) is 2. The number of benzene rings is 1. The number of nitrogen functional groups attached to an aromatic ring is 1. The number of rotatable bonds is 5. The van der Waals surface area contributed by atoms with Crippen LogP contribution in [0.1, 0.15) is 38.4 Å². The fourth-order valence-electron chi connectivity index (χ4n) is 2.05. The Morgan fingerprint density at radius 3 is 2.50 bits per heavy atom. The zero-order valence-electron chi connectivity index (χ0n) is 13.3. The maximum atomic E-state index is 11.9. The molecule has 0 radical (unpaired) electrons. The average molecular weight is 317 g/mol.